The number of hydrogen-bond acceptors (Lipinski definition) is 8. The molecule has 13 nitrogen and oxygen atoms in total. The van der Waals surface area contributed by atoms with E-state index in [0.29, 0.717) is 12.3 Å². The maximum absolute atomic E-state index is 14.5. The average molecular weight is 685 g/mol. The van der Waals surface area contributed by atoms with Gasteiger partial charge in [0.1, 0.15) is 29.2 Å². The molecule has 2 unspecified atom stereocenters. The van der Waals surface area contributed by atoms with Crippen molar-refractivity contribution in [3.05, 3.63) is 42.6 Å². The molecule has 1 aromatic heterocycles. The fraction of sp³-hybridized carbons (Fsp3) is 0.588. The van der Waals surface area contributed by atoms with Gasteiger partial charge in [-0.15, -0.1) is 6.58 Å². The predicted octanol–water partition coefficient (Wildman–Crippen LogP) is 4.19. The number of fused-ring (bicyclic) bond motifs is 3. The number of benzene rings is 1. The maximum atomic E-state index is 14.5. The molecule has 0 spiro atoms. The molecule has 2 saturated carbocycles. The minimum atomic E-state index is -4.78. The lowest BCUT2D eigenvalue weighted by atomic mass is 9.83. The number of carbonyl (C=O) groups excluding carboxylic acids is 3. The molecule has 4 N–H and O–H groups in total. The first-order valence-electron chi connectivity index (χ1n) is 16.9. The number of amides is 3. The quantitative estimate of drug-likeness (QED) is 0.255. The van der Waals surface area contributed by atoms with Gasteiger partial charge in [0.25, 0.3) is 0 Å². The minimum absolute atomic E-state index is 0.00570. The smallest absolute Gasteiger partial charge is 0.407 e. The fourth-order valence-corrected chi connectivity index (χ4v) is 8.82. The Morgan fingerprint density at radius 1 is 1.19 bits per heavy atom. The second-order valence-electron chi connectivity index (χ2n) is 13.5. The highest BCUT2D eigenvalue weighted by molar-refractivity contribution is 7.54. The summed E-state index contributed by atoms with van der Waals surface area (Å²) < 4.78 is 30.2. The molecular formula is C34H45N4O9P. The number of methoxy groups -OCH3 is 1. The van der Waals surface area contributed by atoms with Gasteiger partial charge >= 0.3 is 13.7 Å². The van der Waals surface area contributed by atoms with Crippen molar-refractivity contribution in [3.63, 3.8) is 0 Å². The lowest BCUT2D eigenvalue weighted by molar-refractivity contribution is -0.141. The van der Waals surface area contributed by atoms with E-state index in [9.17, 15) is 28.7 Å². The van der Waals surface area contributed by atoms with Crippen LogP contribution in [0.4, 0.5) is 4.79 Å². The van der Waals surface area contributed by atoms with Crippen LogP contribution in [0, 0.1) is 11.8 Å². The highest BCUT2D eigenvalue weighted by Gasteiger charge is 2.66. The van der Waals surface area contributed by atoms with Gasteiger partial charge in [0.05, 0.1) is 20.3 Å². The fourth-order valence-electron chi connectivity index (χ4n) is 7.59. The Balaban J connectivity index is 1.36. The Labute approximate surface area is 279 Å². The molecule has 260 valence electrons. The molecule has 2 aliphatic carbocycles. The van der Waals surface area contributed by atoms with Crippen molar-refractivity contribution < 1.29 is 42.9 Å². The van der Waals surface area contributed by atoms with Crippen LogP contribution in [0.3, 0.4) is 0 Å². The summed E-state index contributed by atoms with van der Waals surface area (Å²) >= 11 is 0. The third-order valence-electron chi connectivity index (χ3n) is 10.4. The summed E-state index contributed by atoms with van der Waals surface area (Å²) in [4.78, 5) is 67.8. The van der Waals surface area contributed by atoms with Crippen LogP contribution in [-0.4, -0.2) is 81.3 Å². The van der Waals surface area contributed by atoms with Crippen molar-refractivity contribution in [2.45, 2.75) is 94.1 Å². The number of carbonyl (C=O) groups is 3. The van der Waals surface area contributed by atoms with E-state index in [2.05, 4.69) is 22.2 Å². The van der Waals surface area contributed by atoms with E-state index in [1.807, 2.05) is 18.2 Å². The average Bonchev–Trinajstić information content (AvgIpc) is 3.65. The molecular weight excluding hydrogens is 639 g/mol. The van der Waals surface area contributed by atoms with Crippen LogP contribution in [0.5, 0.6) is 11.6 Å². The maximum Gasteiger partial charge on any atom is 0.407 e. The third kappa shape index (κ3) is 6.91. The minimum Gasteiger partial charge on any atom is -0.496 e. The van der Waals surface area contributed by atoms with E-state index in [-0.39, 0.29) is 31.9 Å². The molecule has 48 heavy (non-hydrogen) atoms. The van der Waals surface area contributed by atoms with Gasteiger partial charge in [0, 0.05) is 23.9 Å². The Hall–Kier alpha value is -3.67. The number of hydrogen-bond donors (Lipinski definition) is 4. The highest BCUT2D eigenvalue weighted by atomic mass is 31.2. The number of nitrogens with one attached hydrogen (secondary N) is 2. The summed E-state index contributed by atoms with van der Waals surface area (Å²) in [7, 11) is -3.15. The molecule has 1 saturated heterocycles. The summed E-state index contributed by atoms with van der Waals surface area (Å²) in [5, 5.41) is 5.29. The van der Waals surface area contributed by atoms with Crippen molar-refractivity contribution >= 4 is 36.3 Å². The zero-order valence-corrected chi connectivity index (χ0v) is 28.2. The molecule has 1 aromatic carbocycles. The number of nitrogens with zero attached hydrogens (tertiary/aromatic N) is 2. The number of ether oxygens (including phenoxy) is 3. The van der Waals surface area contributed by atoms with Gasteiger partial charge in [0.2, 0.25) is 17.7 Å². The molecule has 3 heterocycles. The molecule has 4 aliphatic rings. The zero-order valence-electron chi connectivity index (χ0n) is 27.3. The van der Waals surface area contributed by atoms with Crippen LogP contribution < -0.4 is 20.1 Å². The van der Waals surface area contributed by atoms with Crippen LogP contribution in [0.25, 0.3) is 10.8 Å². The molecule has 3 amide bonds. The van der Waals surface area contributed by atoms with Crippen molar-refractivity contribution in [1.82, 2.24) is 20.5 Å². The van der Waals surface area contributed by atoms with E-state index >= 15 is 0 Å². The van der Waals surface area contributed by atoms with E-state index in [1.165, 1.54) is 11.0 Å². The van der Waals surface area contributed by atoms with Crippen molar-refractivity contribution in [1.29, 1.82) is 0 Å². The Morgan fingerprint density at radius 2 is 1.96 bits per heavy atom. The summed E-state index contributed by atoms with van der Waals surface area (Å²) in [6, 6.07) is 3.75. The van der Waals surface area contributed by atoms with Gasteiger partial charge in [-0.2, -0.15) is 0 Å². The van der Waals surface area contributed by atoms with Crippen LogP contribution in [0.15, 0.2) is 37.1 Å². The van der Waals surface area contributed by atoms with Crippen LogP contribution >= 0.6 is 7.60 Å². The van der Waals surface area contributed by atoms with Gasteiger partial charge in [-0.1, -0.05) is 25.3 Å². The summed E-state index contributed by atoms with van der Waals surface area (Å²) in [5.41, 5.74) is 0.974. The normalized spacial score (nSPS) is 28.9. The third-order valence-corrected chi connectivity index (χ3v) is 12.0. The van der Waals surface area contributed by atoms with E-state index < -0.39 is 54.9 Å². The molecule has 4 bridgehead atoms. The zero-order chi connectivity index (χ0) is 34.1. The molecule has 6 rings (SSSR count). The van der Waals surface area contributed by atoms with E-state index in [0.717, 1.165) is 73.5 Å². The Morgan fingerprint density at radius 3 is 2.67 bits per heavy atom. The monoisotopic (exact) mass is 684 g/mol. The SMILES string of the molecule is C=CC1CC1(NC(=O)[C@@H]1C[C@@H]2CN1C(=O)[C@H](C1CCCCC1)NC(=O)OCCCCCc1cc3c(nccc3cc1OC)O2)P(=O)(O)O. The summed E-state index contributed by atoms with van der Waals surface area (Å²) in [5.74, 6) is -0.829. The van der Waals surface area contributed by atoms with Crippen molar-refractivity contribution in [2.75, 3.05) is 20.3 Å². The lowest BCUT2D eigenvalue weighted by Gasteiger charge is -2.34. The number of aromatic nitrogens is 1. The van der Waals surface area contributed by atoms with Crippen molar-refractivity contribution in [2.24, 2.45) is 11.8 Å². The number of rotatable bonds is 6. The Kier molecular flexibility index (Phi) is 10.0. The van der Waals surface area contributed by atoms with E-state index in [1.54, 1.807) is 13.3 Å². The standard InChI is InChI=1S/C34H45N4O9P/c1-3-24-19-34(24,48(42,43)44)37-30(39)27-18-25-20-38(27)32(40)29(21-10-6-4-7-11-21)36-33(41)46-15-9-5-8-12-23-16-26-22(17-28(23)45-2)13-14-35-31(26)47-25/h3,13-14,16-17,21,24-25,27,29H,1,4-12,15,18-20H2,2H3,(H,36,41)(H,37,39)(H2,42,43,44)/t24?,25-,27+,29+,34?/m1/s1. The largest absolute Gasteiger partial charge is 0.496 e. The van der Waals surface area contributed by atoms with Gasteiger partial charge in [-0.3, -0.25) is 14.2 Å². The molecule has 14 heteroatoms. The number of cyclic esters (lactones) is 1. The first-order chi connectivity index (χ1) is 23.0. The lowest BCUT2D eigenvalue weighted by Crippen LogP contribution is -2.57. The van der Waals surface area contributed by atoms with Crippen LogP contribution in [0.2, 0.25) is 0 Å². The molecule has 3 fully saturated rings. The van der Waals surface area contributed by atoms with Gasteiger partial charge in [0.15, 0.2) is 0 Å². The molecule has 2 aliphatic heterocycles. The van der Waals surface area contributed by atoms with Crippen LogP contribution in [0.1, 0.15) is 69.8 Å². The molecule has 2 aromatic rings. The van der Waals surface area contributed by atoms with Gasteiger partial charge < -0.3 is 39.5 Å². The molecule has 0 radical (unpaired) electrons. The summed E-state index contributed by atoms with van der Waals surface area (Å²) in [6.45, 7) is 3.87. The van der Waals surface area contributed by atoms with Gasteiger partial charge in [-0.25, -0.2) is 9.78 Å². The van der Waals surface area contributed by atoms with Gasteiger partial charge in [-0.05, 0) is 80.0 Å². The second kappa shape index (κ2) is 14.1. The number of pyridine rings is 1. The summed E-state index contributed by atoms with van der Waals surface area (Å²) in [6.07, 6.45) is 9.12. The van der Waals surface area contributed by atoms with Crippen LogP contribution in [-0.2, 0) is 25.3 Å². The van der Waals surface area contributed by atoms with Crippen molar-refractivity contribution in [3.8, 4) is 11.6 Å². The first kappa shape index (κ1) is 34.2. The molecule has 5 atom stereocenters. The number of aryl methyl sites for hydroxylation is 1. The topological polar surface area (TPSA) is 177 Å². The number of alkyl carbamates (subject to hydrolysis) is 1. The highest BCUT2D eigenvalue weighted by Crippen LogP contribution is 2.67. The first-order valence-corrected chi connectivity index (χ1v) is 18.5. The Bertz CT molecular complexity index is 1610. The van der Waals surface area contributed by atoms with E-state index in [4.69, 9.17) is 14.2 Å². The predicted molar refractivity (Wildman–Crippen MR) is 176 cm³/mol. The second-order valence-corrected chi connectivity index (χ2v) is 15.3.